The van der Waals surface area contributed by atoms with Crippen molar-refractivity contribution < 1.29 is 4.74 Å². The second-order valence-electron chi connectivity index (χ2n) is 7.94. The number of methoxy groups -OCH3 is 1. The molecule has 1 heterocycles. The Bertz CT molecular complexity index is 501. The molecular weight excluding hydrogens is 280 g/mol. The number of hydrogen-bond acceptors (Lipinski definition) is 4. The fraction of sp³-hybridized carbons (Fsp3) is 0.824. The van der Waals surface area contributed by atoms with Crippen LogP contribution >= 0.6 is 11.3 Å². The quantitative estimate of drug-likeness (QED) is 0.904. The molecule has 21 heavy (non-hydrogen) atoms. The smallest absolute Gasteiger partial charge is 0.0985 e. The van der Waals surface area contributed by atoms with Gasteiger partial charge in [-0.15, -0.1) is 11.3 Å². The van der Waals surface area contributed by atoms with Gasteiger partial charge in [0.15, 0.2) is 0 Å². The lowest BCUT2D eigenvalue weighted by Gasteiger charge is -2.52. The van der Waals surface area contributed by atoms with Crippen molar-refractivity contribution in [2.24, 2.45) is 5.41 Å². The van der Waals surface area contributed by atoms with E-state index in [1.165, 1.54) is 15.6 Å². The number of nitrogens with zero attached hydrogens (tertiary/aromatic N) is 1. The van der Waals surface area contributed by atoms with Gasteiger partial charge >= 0.3 is 0 Å². The van der Waals surface area contributed by atoms with Crippen LogP contribution in [-0.2, 0) is 10.2 Å². The molecule has 1 aromatic heterocycles. The number of rotatable bonds is 4. The fourth-order valence-electron chi connectivity index (χ4n) is 3.08. The van der Waals surface area contributed by atoms with Crippen LogP contribution in [0.15, 0.2) is 0 Å². The minimum absolute atomic E-state index is 0.129. The molecule has 1 N–H and O–H groups in total. The molecule has 120 valence electrons. The van der Waals surface area contributed by atoms with Crippen LogP contribution < -0.4 is 5.32 Å². The summed E-state index contributed by atoms with van der Waals surface area (Å²) >= 11 is 1.85. The van der Waals surface area contributed by atoms with Crippen molar-refractivity contribution >= 4 is 11.3 Å². The summed E-state index contributed by atoms with van der Waals surface area (Å²) in [5, 5.41) is 5.01. The Morgan fingerprint density at radius 2 is 2.00 bits per heavy atom. The van der Waals surface area contributed by atoms with Crippen LogP contribution in [0.4, 0.5) is 0 Å². The Morgan fingerprint density at radius 3 is 2.43 bits per heavy atom. The molecule has 0 radical (unpaired) electrons. The molecule has 1 aliphatic rings. The number of aromatic nitrogens is 1. The number of hydrogen-bond donors (Lipinski definition) is 1. The molecule has 0 bridgehead atoms. The van der Waals surface area contributed by atoms with E-state index in [0.29, 0.717) is 18.2 Å². The zero-order valence-electron chi connectivity index (χ0n) is 14.7. The molecule has 3 nitrogen and oxygen atoms in total. The summed E-state index contributed by atoms with van der Waals surface area (Å²) in [5.74, 6) is 0. The summed E-state index contributed by atoms with van der Waals surface area (Å²) in [6.07, 6.45) is 1.47. The van der Waals surface area contributed by atoms with E-state index in [0.717, 1.165) is 6.42 Å². The molecule has 0 spiro atoms. The van der Waals surface area contributed by atoms with E-state index in [4.69, 9.17) is 9.72 Å². The van der Waals surface area contributed by atoms with Gasteiger partial charge < -0.3 is 10.1 Å². The predicted octanol–water partition coefficient (Wildman–Crippen LogP) is 4.21. The van der Waals surface area contributed by atoms with Crippen LogP contribution in [0.3, 0.4) is 0 Å². The SMILES string of the molecule is COC1CC(NC(C)c2sc(C(C)(C)C)nc2C)C1(C)C. The highest BCUT2D eigenvalue weighted by Gasteiger charge is 2.48. The van der Waals surface area contributed by atoms with Crippen molar-refractivity contribution in [1.29, 1.82) is 0 Å². The molecular formula is C17H30N2OS. The maximum atomic E-state index is 5.54. The van der Waals surface area contributed by atoms with Gasteiger partial charge in [0.05, 0.1) is 16.8 Å². The first-order chi connectivity index (χ1) is 9.57. The van der Waals surface area contributed by atoms with Crippen LogP contribution in [0.2, 0.25) is 0 Å². The molecule has 0 aromatic carbocycles. The second kappa shape index (κ2) is 5.64. The molecule has 4 heteroatoms. The first-order valence-electron chi connectivity index (χ1n) is 7.84. The number of thiazole rings is 1. The van der Waals surface area contributed by atoms with Crippen LogP contribution in [0.25, 0.3) is 0 Å². The Balaban J connectivity index is 2.08. The number of nitrogens with one attached hydrogen (secondary N) is 1. The van der Waals surface area contributed by atoms with E-state index in [1.54, 1.807) is 0 Å². The van der Waals surface area contributed by atoms with Crippen LogP contribution in [-0.4, -0.2) is 24.2 Å². The third-order valence-corrected chi connectivity index (χ3v) is 6.55. The normalized spacial score (nSPS) is 26.5. The minimum Gasteiger partial charge on any atom is -0.381 e. The molecule has 0 amide bonds. The average molecular weight is 311 g/mol. The lowest BCUT2D eigenvalue weighted by molar-refractivity contribution is -0.0998. The van der Waals surface area contributed by atoms with Gasteiger partial charge in [0.2, 0.25) is 0 Å². The largest absolute Gasteiger partial charge is 0.381 e. The molecule has 1 fully saturated rings. The Morgan fingerprint density at radius 1 is 1.38 bits per heavy atom. The summed E-state index contributed by atoms with van der Waals surface area (Å²) in [6, 6.07) is 0.859. The summed E-state index contributed by atoms with van der Waals surface area (Å²) in [5.41, 5.74) is 1.50. The molecule has 1 aliphatic carbocycles. The maximum Gasteiger partial charge on any atom is 0.0985 e. The highest BCUT2D eigenvalue weighted by atomic mass is 32.1. The standard InChI is InChI=1S/C17H30N2OS/c1-10(18-12-9-13(20-8)17(12,6)7)14-11(2)19-15(21-14)16(3,4)5/h10,12-13,18H,9H2,1-8H3. The molecule has 0 saturated heterocycles. The van der Waals surface area contributed by atoms with Crippen LogP contribution in [0.1, 0.15) is 69.6 Å². The van der Waals surface area contributed by atoms with Gasteiger partial charge in [0.1, 0.15) is 0 Å². The molecule has 1 saturated carbocycles. The Labute approximate surface area is 133 Å². The van der Waals surface area contributed by atoms with Crippen molar-refractivity contribution in [3.63, 3.8) is 0 Å². The molecule has 3 atom stereocenters. The predicted molar refractivity (Wildman–Crippen MR) is 90.1 cm³/mol. The summed E-state index contributed by atoms with van der Waals surface area (Å²) in [4.78, 5) is 6.15. The van der Waals surface area contributed by atoms with Crippen molar-refractivity contribution in [3.05, 3.63) is 15.6 Å². The maximum absolute atomic E-state index is 5.54. The molecule has 2 rings (SSSR count). The lowest BCUT2D eigenvalue weighted by atomic mass is 9.64. The third-order valence-electron chi connectivity index (χ3n) is 4.78. The third kappa shape index (κ3) is 3.17. The zero-order chi connectivity index (χ0) is 16.0. The van der Waals surface area contributed by atoms with E-state index in [-0.39, 0.29) is 10.8 Å². The van der Waals surface area contributed by atoms with Gasteiger partial charge in [-0.3, -0.25) is 0 Å². The topological polar surface area (TPSA) is 34.1 Å². The highest BCUT2D eigenvalue weighted by molar-refractivity contribution is 7.12. The van der Waals surface area contributed by atoms with Gasteiger partial charge in [0, 0.05) is 34.9 Å². The van der Waals surface area contributed by atoms with Crippen molar-refractivity contribution in [2.75, 3.05) is 7.11 Å². The number of aryl methyl sites for hydroxylation is 1. The van der Waals surface area contributed by atoms with E-state index in [2.05, 4.69) is 53.8 Å². The first-order valence-corrected chi connectivity index (χ1v) is 8.65. The van der Waals surface area contributed by atoms with Gasteiger partial charge in [-0.05, 0) is 20.3 Å². The van der Waals surface area contributed by atoms with Gasteiger partial charge in [-0.25, -0.2) is 4.98 Å². The van der Waals surface area contributed by atoms with Crippen molar-refractivity contribution in [2.45, 2.75) is 78.5 Å². The van der Waals surface area contributed by atoms with Crippen molar-refractivity contribution in [3.8, 4) is 0 Å². The van der Waals surface area contributed by atoms with Gasteiger partial charge in [0.25, 0.3) is 0 Å². The molecule has 1 aromatic rings. The Kier molecular flexibility index (Phi) is 4.54. The van der Waals surface area contributed by atoms with Crippen molar-refractivity contribution in [1.82, 2.24) is 10.3 Å². The first kappa shape index (κ1) is 16.9. The number of ether oxygens (including phenoxy) is 1. The monoisotopic (exact) mass is 310 g/mol. The van der Waals surface area contributed by atoms with Gasteiger partial charge in [-0.2, -0.15) is 0 Å². The average Bonchev–Trinajstić information content (AvgIpc) is 2.75. The molecule has 3 unspecified atom stereocenters. The summed E-state index contributed by atoms with van der Waals surface area (Å²) < 4.78 is 5.54. The summed E-state index contributed by atoms with van der Waals surface area (Å²) in [7, 11) is 1.81. The Hall–Kier alpha value is -0.450. The second-order valence-corrected chi connectivity index (χ2v) is 8.97. The van der Waals surface area contributed by atoms with E-state index in [1.807, 2.05) is 18.4 Å². The van der Waals surface area contributed by atoms with Gasteiger partial charge in [-0.1, -0.05) is 34.6 Å². The zero-order valence-corrected chi connectivity index (χ0v) is 15.5. The fourth-order valence-corrected chi connectivity index (χ4v) is 4.21. The minimum atomic E-state index is 0.129. The van der Waals surface area contributed by atoms with E-state index < -0.39 is 0 Å². The summed E-state index contributed by atoms with van der Waals surface area (Å²) in [6.45, 7) is 15.6. The molecule has 0 aliphatic heterocycles. The lowest BCUT2D eigenvalue weighted by Crippen LogP contribution is -2.60. The van der Waals surface area contributed by atoms with Crippen LogP contribution in [0, 0.1) is 12.3 Å². The highest BCUT2D eigenvalue weighted by Crippen LogP contribution is 2.44. The van der Waals surface area contributed by atoms with Crippen LogP contribution in [0.5, 0.6) is 0 Å². The van der Waals surface area contributed by atoms with E-state index in [9.17, 15) is 0 Å². The van der Waals surface area contributed by atoms with E-state index >= 15 is 0 Å².